The molecule has 2 aromatic rings. The fourth-order valence-electron chi connectivity index (χ4n) is 3.07. The van der Waals surface area contributed by atoms with E-state index in [0.717, 1.165) is 49.1 Å². The maximum atomic E-state index is 12.8. The summed E-state index contributed by atoms with van der Waals surface area (Å²) in [5, 5.41) is 0. The molecule has 144 valence electrons. The van der Waals surface area contributed by atoms with Gasteiger partial charge in [-0.15, -0.1) is 11.3 Å². The predicted octanol–water partition coefficient (Wildman–Crippen LogP) is 3.85. The normalized spacial score (nSPS) is 12.2. The Morgan fingerprint density at radius 2 is 1.96 bits per heavy atom. The van der Waals surface area contributed by atoms with Crippen molar-refractivity contribution in [2.45, 2.75) is 41.5 Å². The molecule has 5 nitrogen and oxygen atoms in total. The molecule has 0 aliphatic heterocycles. The fourth-order valence-corrected chi connectivity index (χ4v) is 3.95. The highest BCUT2D eigenvalue weighted by Gasteiger charge is 2.15. The second-order valence-electron chi connectivity index (χ2n) is 7.12. The Bertz CT molecular complexity index is 755. The lowest BCUT2D eigenvalue weighted by molar-refractivity contribution is -0.126. The third-order valence-electron chi connectivity index (χ3n) is 4.52. The van der Waals surface area contributed by atoms with Gasteiger partial charge in [0.15, 0.2) is 4.96 Å². The number of rotatable bonds is 9. The van der Waals surface area contributed by atoms with Gasteiger partial charge in [-0.1, -0.05) is 27.7 Å². The molecule has 2 rings (SSSR count). The number of nitrogens with zero attached hydrogens (tertiary/aromatic N) is 4. The standard InChI is InChI=1S/C20H32N4OS/c1-7-22(8-2)11-12-23(13-15(3)4)19(25)10-9-18-17(6)21-20-24(18)14-16(5)26-20/h9-10,14-15H,7-8,11-13H2,1-6H3/b10-9+. The maximum absolute atomic E-state index is 12.8. The van der Waals surface area contributed by atoms with Crippen molar-refractivity contribution in [2.24, 2.45) is 5.92 Å². The van der Waals surface area contributed by atoms with Crippen LogP contribution >= 0.6 is 11.3 Å². The smallest absolute Gasteiger partial charge is 0.246 e. The first kappa shape index (κ1) is 20.6. The molecule has 0 N–H and O–H groups in total. The van der Waals surface area contributed by atoms with Crippen molar-refractivity contribution in [2.75, 3.05) is 32.7 Å². The Morgan fingerprint density at radius 1 is 1.27 bits per heavy atom. The maximum Gasteiger partial charge on any atom is 0.246 e. The lowest BCUT2D eigenvalue weighted by atomic mass is 10.2. The van der Waals surface area contributed by atoms with Crippen LogP contribution in [-0.2, 0) is 4.79 Å². The third kappa shape index (κ3) is 5.17. The summed E-state index contributed by atoms with van der Waals surface area (Å²) in [7, 11) is 0. The quantitative estimate of drug-likeness (QED) is 0.624. The summed E-state index contributed by atoms with van der Waals surface area (Å²) >= 11 is 1.67. The average Bonchev–Trinajstić information content (AvgIpc) is 3.07. The molecule has 0 aromatic carbocycles. The molecular formula is C20H32N4OS. The first-order valence-electron chi connectivity index (χ1n) is 9.50. The lowest BCUT2D eigenvalue weighted by Gasteiger charge is -2.27. The Balaban J connectivity index is 2.13. The van der Waals surface area contributed by atoms with Crippen molar-refractivity contribution >= 4 is 28.3 Å². The minimum atomic E-state index is 0.0761. The van der Waals surface area contributed by atoms with Gasteiger partial charge in [-0.3, -0.25) is 9.20 Å². The minimum absolute atomic E-state index is 0.0761. The van der Waals surface area contributed by atoms with E-state index in [0.29, 0.717) is 5.92 Å². The second-order valence-corrected chi connectivity index (χ2v) is 8.33. The first-order chi connectivity index (χ1) is 12.3. The molecule has 0 saturated carbocycles. The van der Waals surface area contributed by atoms with Crippen molar-refractivity contribution in [3.63, 3.8) is 0 Å². The number of fused-ring (bicyclic) bond motifs is 1. The third-order valence-corrected chi connectivity index (χ3v) is 5.42. The topological polar surface area (TPSA) is 40.8 Å². The molecule has 1 amide bonds. The number of carbonyl (C=O) groups excluding carboxylic acids is 1. The zero-order valence-electron chi connectivity index (χ0n) is 17.0. The Morgan fingerprint density at radius 3 is 2.58 bits per heavy atom. The van der Waals surface area contributed by atoms with Gasteiger partial charge in [-0.25, -0.2) is 4.98 Å². The number of aromatic nitrogens is 2. The van der Waals surface area contributed by atoms with Crippen LogP contribution in [0.3, 0.4) is 0 Å². The van der Waals surface area contributed by atoms with Crippen LogP contribution in [0.5, 0.6) is 0 Å². The Labute approximate surface area is 161 Å². The number of carbonyl (C=O) groups is 1. The molecule has 2 aromatic heterocycles. The van der Waals surface area contributed by atoms with Crippen LogP contribution in [0, 0.1) is 19.8 Å². The molecular weight excluding hydrogens is 344 g/mol. The van der Waals surface area contributed by atoms with Crippen LogP contribution in [0.15, 0.2) is 12.3 Å². The SMILES string of the molecule is CCN(CC)CCN(CC(C)C)C(=O)/C=C/c1c(C)nc2sc(C)cn12. The number of amides is 1. The van der Waals surface area contributed by atoms with Gasteiger partial charge in [0, 0.05) is 36.8 Å². The molecule has 0 radical (unpaired) electrons. The number of imidazole rings is 1. The van der Waals surface area contributed by atoms with E-state index in [4.69, 9.17) is 0 Å². The van der Waals surface area contributed by atoms with Crippen molar-refractivity contribution in [3.05, 3.63) is 28.5 Å². The molecule has 0 saturated heterocycles. The van der Waals surface area contributed by atoms with Crippen LogP contribution in [-0.4, -0.2) is 57.8 Å². The Hall–Kier alpha value is -1.66. The van der Waals surface area contributed by atoms with Crippen molar-refractivity contribution in [1.82, 2.24) is 19.2 Å². The van der Waals surface area contributed by atoms with E-state index < -0.39 is 0 Å². The fraction of sp³-hybridized carbons (Fsp3) is 0.600. The van der Waals surface area contributed by atoms with Gasteiger partial charge in [0.25, 0.3) is 0 Å². The average molecular weight is 377 g/mol. The van der Waals surface area contributed by atoms with E-state index in [1.807, 2.05) is 17.9 Å². The molecule has 0 spiro atoms. The molecule has 26 heavy (non-hydrogen) atoms. The van der Waals surface area contributed by atoms with Gasteiger partial charge in [0.05, 0.1) is 11.4 Å². The number of hydrogen-bond donors (Lipinski definition) is 0. The van der Waals surface area contributed by atoms with Crippen LogP contribution in [0.4, 0.5) is 0 Å². The summed E-state index contributed by atoms with van der Waals surface area (Å²) in [5.74, 6) is 0.527. The highest BCUT2D eigenvalue weighted by molar-refractivity contribution is 7.17. The zero-order valence-corrected chi connectivity index (χ0v) is 17.8. The molecule has 2 heterocycles. The van der Waals surface area contributed by atoms with Crippen molar-refractivity contribution in [3.8, 4) is 0 Å². The summed E-state index contributed by atoms with van der Waals surface area (Å²) < 4.78 is 2.07. The van der Waals surface area contributed by atoms with Gasteiger partial charge in [-0.05, 0) is 38.9 Å². The number of hydrogen-bond acceptors (Lipinski definition) is 4. The van der Waals surface area contributed by atoms with Gasteiger partial charge < -0.3 is 9.80 Å². The lowest BCUT2D eigenvalue weighted by Crippen LogP contribution is -2.39. The summed E-state index contributed by atoms with van der Waals surface area (Å²) in [6.07, 6.45) is 5.69. The highest BCUT2D eigenvalue weighted by atomic mass is 32.1. The van der Waals surface area contributed by atoms with Gasteiger partial charge in [0.1, 0.15) is 0 Å². The molecule has 0 aliphatic rings. The second kappa shape index (κ2) is 9.33. The minimum Gasteiger partial charge on any atom is -0.338 e. The van der Waals surface area contributed by atoms with Gasteiger partial charge >= 0.3 is 0 Å². The van der Waals surface area contributed by atoms with Crippen LogP contribution in [0.25, 0.3) is 11.0 Å². The van der Waals surface area contributed by atoms with Crippen molar-refractivity contribution in [1.29, 1.82) is 0 Å². The first-order valence-corrected chi connectivity index (χ1v) is 10.3. The Kier molecular flexibility index (Phi) is 7.41. The molecule has 0 unspecified atom stereocenters. The van der Waals surface area contributed by atoms with Crippen LogP contribution < -0.4 is 0 Å². The molecule has 0 fully saturated rings. The van der Waals surface area contributed by atoms with E-state index in [1.165, 1.54) is 4.88 Å². The summed E-state index contributed by atoms with van der Waals surface area (Å²) in [5.41, 5.74) is 1.95. The van der Waals surface area contributed by atoms with E-state index in [9.17, 15) is 4.79 Å². The van der Waals surface area contributed by atoms with Gasteiger partial charge in [0.2, 0.25) is 5.91 Å². The van der Waals surface area contributed by atoms with Crippen LogP contribution in [0.2, 0.25) is 0 Å². The molecule has 0 bridgehead atoms. The van der Waals surface area contributed by atoms with E-state index in [1.54, 1.807) is 17.4 Å². The summed E-state index contributed by atoms with van der Waals surface area (Å²) in [4.78, 5) is 23.9. The zero-order chi connectivity index (χ0) is 19.3. The largest absolute Gasteiger partial charge is 0.338 e. The van der Waals surface area contributed by atoms with E-state index >= 15 is 0 Å². The number of aryl methyl sites for hydroxylation is 2. The number of thiazole rings is 1. The monoisotopic (exact) mass is 376 g/mol. The predicted molar refractivity (Wildman–Crippen MR) is 111 cm³/mol. The molecule has 0 atom stereocenters. The van der Waals surface area contributed by atoms with E-state index in [-0.39, 0.29) is 5.91 Å². The highest BCUT2D eigenvalue weighted by Crippen LogP contribution is 2.21. The van der Waals surface area contributed by atoms with E-state index in [2.05, 4.69) is 55.1 Å². The van der Waals surface area contributed by atoms with Crippen LogP contribution in [0.1, 0.15) is 44.0 Å². The van der Waals surface area contributed by atoms with Crippen molar-refractivity contribution < 1.29 is 4.79 Å². The molecule has 0 aliphatic carbocycles. The summed E-state index contributed by atoms with van der Waals surface area (Å²) in [6.45, 7) is 17.2. The number of likely N-dealkylation sites (N-methyl/N-ethyl adjacent to an activating group) is 1. The summed E-state index contributed by atoms with van der Waals surface area (Å²) in [6, 6.07) is 0. The molecule has 6 heteroatoms. The van der Waals surface area contributed by atoms with Gasteiger partial charge in [-0.2, -0.15) is 0 Å².